The third-order valence-corrected chi connectivity index (χ3v) is 2.53. The van der Waals surface area contributed by atoms with Crippen molar-refractivity contribution < 1.29 is 4.74 Å². The Hall–Kier alpha value is 0.310. The Balaban J connectivity index is 1.71. The molecule has 54 valence electrons. The summed E-state index contributed by atoms with van der Waals surface area (Å²) in [5.74, 6) is 2.54. The van der Waals surface area contributed by atoms with Gasteiger partial charge in [-0.3, -0.25) is 0 Å². The molecule has 1 fully saturated rings. The van der Waals surface area contributed by atoms with Crippen molar-refractivity contribution in [3.05, 3.63) is 0 Å². The van der Waals surface area contributed by atoms with E-state index in [0.29, 0.717) is 6.10 Å². The second kappa shape index (κ2) is 4.18. The summed E-state index contributed by atoms with van der Waals surface area (Å²) < 4.78 is 5.07. The molecule has 0 aromatic rings. The Morgan fingerprint density at radius 1 is 1.67 bits per heavy atom. The van der Waals surface area contributed by atoms with Gasteiger partial charge >= 0.3 is 0 Å². The molecular weight excluding hydrogens is 132 g/mol. The van der Waals surface area contributed by atoms with Crippen LogP contribution in [0.5, 0.6) is 0 Å². The quantitative estimate of drug-likeness (QED) is 0.434. The highest BCUT2D eigenvalue weighted by atomic mass is 32.2. The van der Waals surface area contributed by atoms with Crippen molar-refractivity contribution >= 4 is 11.8 Å². The molecule has 0 spiro atoms. The fourth-order valence-corrected chi connectivity index (χ4v) is 1.74. The zero-order valence-electron chi connectivity index (χ0n) is 5.93. The lowest BCUT2D eigenvalue weighted by atomic mass is 10.4. The van der Waals surface area contributed by atoms with Crippen molar-refractivity contribution in [2.75, 3.05) is 18.1 Å². The molecule has 9 heavy (non-hydrogen) atoms. The van der Waals surface area contributed by atoms with Gasteiger partial charge in [0.05, 0.1) is 12.7 Å². The highest BCUT2D eigenvalue weighted by Crippen LogP contribution is 2.16. The normalized spacial score (nSPS) is 24.3. The van der Waals surface area contributed by atoms with Crippen LogP contribution in [0, 0.1) is 0 Å². The lowest BCUT2D eigenvalue weighted by Crippen LogP contribution is -1.90. The van der Waals surface area contributed by atoms with Crippen LogP contribution in [0.15, 0.2) is 0 Å². The number of thioether (sulfide) groups is 1. The fraction of sp³-hybridized carbons (Fsp3) is 1.00. The van der Waals surface area contributed by atoms with E-state index in [-0.39, 0.29) is 0 Å². The molecule has 2 heteroatoms. The molecule has 0 amide bonds. The number of ether oxygens (including phenoxy) is 1. The summed E-state index contributed by atoms with van der Waals surface area (Å²) >= 11 is 2.02. The monoisotopic (exact) mass is 146 g/mol. The van der Waals surface area contributed by atoms with Gasteiger partial charge in [0.2, 0.25) is 0 Å². The minimum Gasteiger partial charge on any atom is -0.372 e. The molecule has 1 heterocycles. The predicted octanol–water partition coefficient (Wildman–Crippen LogP) is 1.92. The molecular formula is C7H14OS. The highest BCUT2D eigenvalue weighted by Gasteiger charge is 2.21. The van der Waals surface area contributed by atoms with E-state index >= 15 is 0 Å². The van der Waals surface area contributed by atoms with E-state index in [0.717, 1.165) is 6.61 Å². The molecule has 0 radical (unpaired) electrons. The van der Waals surface area contributed by atoms with Gasteiger partial charge in [0.1, 0.15) is 0 Å². The summed E-state index contributed by atoms with van der Waals surface area (Å²) in [6, 6.07) is 0. The van der Waals surface area contributed by atoms with Gasteiger partial charge in [0, 0.05) is 5.75 Å². The highest BCUT2D eigenvalue weighted by molar-refractivity contribution is 7.99. The molecule has 0 aromatic carbocycles. The van der Waals surface area contributed by atoms with Gasteiger partial charge in [-0.2, -0.15) is 11.8 Å². The zero-order chi connectivity index (χ0) is 6.53. The van der Waals surface area contributed by atoms with E-state index in [9.17, 15) is 0 Å². The first-order chi connectivity index (χ1) is 4.43. The first-order valence-electron chi connectivity index (χ1n) is 3.63. The molecule has 1 aliphatic heterocycles. The van der Waals surface area contributed by atoms with Gasteiger partial charge in [-0.1, -0.05) is 13.3 Å². The number of unbranched alkanes of at least 4 members (excludes halogenated alkanes) is 1. The second-order valence-corrected chi connectivity index (χ2v) is 3.53. The van der Waals surface area contributed by atoms with Crippen LogP contribution in [0.2, 0.25) is 0 Å². The molecule has 0 aliphatic carbocycles. The summed E-state index contributed by atoms with van der Waals surface area (Å²) in [6.45, 7) is 3.24. The van der Waals surface area contributed by atoms with Crippen molar-refractivity contribution in [1.29, 1.82) is 0 Å². The summed E-state index contributed by atoms with van der Waals surface area (Å²) in [5, 5.41) is 0. The maximum Gasteiger partial charge on any atom is 0.0900 e. The summed E-state index contributed by atoms with van der Waals surface area (Å²) in [5.41, 5.74) is 0. The van der Waals surface area contributed by atoms with Crippen molar-refractivity contribution in [3.63, 3.8) is 0 Å². The van der Waals surface area contributed by atoms with Crippen molar-refractivity contribution in [2.24, 2.45) is 0 Å². The number of rotatable bonds is 5. The lowest BCUT2D eigenvalue weighted by Gasteiger charge is -1.94. The average molecular weight is 146 g/mol. The van der Waals surface area contributed by atoms with Crippen molar-refractivity contribution in [3.8, 4) is 0 Å². The topological polar surface area (TPSA) is 12.5 Å². The SMILES string of the molecule is CCCCSCC1CO1. The first kappa shape index (κ1) is 7.42. The van der Waals surface area contributed by atoms with E-state index in [1.54, 1.807) is 0 Å². The van der Waals surface area contributed by atoms with Gasteiger partial charge in [0.25, 0.3) is 0 Å². The van der Waals surface area contributed by atoms with Crippen LogP contribution in [-0.4, -0.2) is 24.2 Å². The van der Waals surface area contributed by atoms with Crippen LogP contribution >= 0.6 is 11.8 Å². The molecule has 0 saturated carbocycles. The van der Waals surface area contributed by atoms with Gasteiger partial charge < -0.3 is 4.74 Å². The van der Waals surface area contributed by atoms with Crippen LogP contribution < -0.4 is 0 Å². The number of hydrogen-bond donors (Lipinski definition) is 0. The Morgan fingerprint density at radius 3 is 3.00 bits per heavy atom. The van der Waals surface area contributed by atoms with E-state index in [1.807, 2.05) is 11.8 Å². The van der Waals surface area contributed by atoms with E-state index < -0.39 is 0 Å². The fourth-order valence-electron chi connectivity index (χ4n) is 0.625. The minimum atomic E-state index is 0.617. The van der Waals surface area contributed by atoms with Crippen LogP contribution in [0.4, 0.5) is 0 Å². The van der Waals surface area contributed by atoms with Gasteiger partial charge in [-0.25, -0.2) is 0 Å². The van der Waals surface area contributed by atoms with Crippen molar-refractivity contribution in [1.82, 2.24) is 0 Å². The molecule has 1 rings (SSSR count). The molecule has 0 aromatic heterocycles. The van der Waals surface area contributed by atoms with Crippen LogP contribution in [0.25, 0.3) is 0 Å². The van der Waals surface area contributed by atoms with E-state index in [4.69, 9.17) is 4.74 Å². The third-order valence-electron chi connectivity index (χ3n) is 1.35. The van der Waals surface area contributed by atoms with Crippen LogP contribution in [0.3, 0.4) is 0 Å². The van der Waals surface area contributed by atoms with Crippen LogP contribution in [-0.2, 0) is 4.74 Å². The number of epoxide rings is 1. The maximum atomic E-state index is 5.07. The Morgan fingerprint density at radius 2 is 2.44 bits per heavy atom. The van der Waals surface area contributed by atoms with Gasteiger partial charge in [0.15, 0.2) is 0 Å². The van der Waals surface area contributed by atoms with E-state index in [2.05, 4.69) is 6.92 Å². The predicted molar refractivity (Wildman–Crippen MR) is 42.0 cm³/mol. The number of hydrogen-bond acceptors (Lipinski definition) is 2. The third kappa shape index (κ3) is 3.82. The lowest BCUT2D eigenvalue weighted by molar-refractivity contribution is 0.426. The summed E-state index contributed by atoms with van der Waals surface area (Å²) in [4.78, 5) is 0. The Labute approximate surface area is 61.2 Å². The minimum absolute atomic E-state index is 0.617. The Bertz CT molecular complexity index is 71.3. The average Bonchev–Trinajstić information content (AvgIpc) is 2.63. The molecule has 1 saturated heterocycles. The van der Waals surface area contributed by atoms with Crippen molar-refractivity contribution in [2.45, 2.75) is 25.9 Å². The largest absolute Gasteiger partial charge is 0.372 e. The molecule has 0 bridgehead atoms. The van der Waals surface area contributed by atoms with E-state index in [1.165, 1.54) is 24.3 Å². The molecule has 1 unspecified atom stereocenters. The van der Waals surface area contributed by atoms with Gasteiger partial charge in [-0.15, -0.1) is 0 Å². The molecule has 0 N–H and O–H groups in total. The zero-order valence-corrected chi connectivity index (χ0v) is 6.75. The first-order valence-corrected chi connectivity index (χ1v) is 4.78. The summed E-state index contributed by atoms with van der Waals surface area (Å²) in [7, 11) is 0. The maximum absolute atomic E-state index is 5.07. The standard InChI is InChI=1S/C7H14OS/c1-2-3-4-9-6-7-5-8-7/h7H,2-6H2,1H3. The molecule has 1 atom stereocenters. The second-order valence-electron chi connectivity index (χ2n) is 2.38. The Kier molecular flexibility index (Phi) is 3.44. The molecule has 1 aliphatic rings. The smallest absolute Gasteiger partial charge is 0.0900 e. The van der Waals surface area contributed by atoms with Gasteiger partial charge in [-0.05, 0) is 12.2 Å². The summed E-state index contributed by atoms with van der Waals surface area (Å²) in [6.07, 6.45) is 3.29. The van der Waals surface area contributed by atoms with Crippen LogP contribution in [0.1, 0.15) is 19.8 Å². The molecule has 1 nitrogen and oxygen atoms in total.